The van der Waals surface area contributed by atoms with Crippen molar-refractivity contribution in [3.63, 3.8) is 0 Å². The van der Waals surface area contributed by atoms with Gasteiger partial charge in [0.15, 0.2) is 10.6 Å². The van der Waals surface area contributed by atoms with Crippen molar-refractivity contribution in [1.29, 1.82) is 0 Å². The van der Waals surface area contributed by atoms with Gasteiger partial charge in [0.2, 0.25) is 5.91 Å². The first kappa shape index (κ1) is 22.9. The second-order valence-corrected chi connectivity index (χ2v) is 8.84. The smallest absolute Gasteiger partial charge is 0.253 e. The molecule has 1 aliphatic heterocycles. The molecule has 0 bridgehead atoms. The van der Waals surface area contributed by atoms with Crippen molar-refractivity contribution >= 4 is 24.0 Å². The van der Waals surface area contributed by atoms with Gasteiger partial charge in [0.25, 0.3) is 5.91 Å². The molecule has 0 unspecified atom stereocenters. The third-order valence-corrected chi connectivity index (χ3v) is 6.22. The Morgan fingerprint density at radius 3 is 2.67 bits per heavy atom. The van der Waals surface area contributed by atoms with Crippen LogP contribution in [0.1, 0.15) is 47.2 Å². The van der Waals surface area contributed by atoms with Crippen molar-refractivity contribution in [3.05, 3.63) is 70.0 Å². The molecule has 8 heteroatoms. The lowest BCUT2D eigenvalue weighted by molar-refractivity contribution is -0.121. The fourth-order valence-corrected chi connectivity index (χ4v) is 4.35. The number of likely N-dealkylation sites (tertiary alicyclic amines) is 1. The molecular formula is C25H29N5O2S. The minimum Gasteiger partial charge on any atom is -0.352 e. The highest BCUT2D eigenvalue weighted by Gasteiger charge is 2.18. The summed E-state index contributed by atoms with van der Waals surface area (Å²) in [6.45, 7) is 4.47. The Bertz CT molecular complexity index is 1190. The van der Waals surface area contributed by atoms with Crippen LogP contribution in [-0.2, 0) is 17.9 Å². The van der Waals surface area contributed by atoms with Gasteiger partial charge in [-0.05, 0) is 62.2 Å². The summed E-state index contributed by atoms with van der Waals surface area (Å²) in [6.07, 6.45) is 3.59. The van der Waals surface area contributed by atoms with Gasteiger partial charge >= 0.3 is 0 Å². The molecule has 3 aromatic rings. The average molecular weight is 464 g/mol. The standard InChI is InChI=1S/C25H29N5O2S/c1-18-7-5-9-20(15-18)23-27-28-25(33)30(23)14-11-22(31)26-17-19-8-6-10-21(16-19)24(32)29-12-3-2-4-13-29/h5-10,15-16H,2-4,11-14,17H2,1H3,(H,26,31)(H,28,33). The highest BCUT2D eigenvalue weighted by atomic mass is 32.1. The van der Waals surface area contributed by atoms with Crippen molar-refractivity contribution in [1.82, 2.24) is 25.0 Å². The van der Waals surface area contributed by atoms with Crippen LogP contribution in [0.3, 0.4) is 0 Å². The minimum atomic E-state index is -0.0824. The zero-order valence-corrected chi connectivity index (χ0v) is 19.7. The Labute approximate surface area is 198 Å². The predicted octanol–water partition coefficient (Wildman–Crippen LogP) is 4.25. The summed E-state index contributed by atoms with van der Waals surface area (Å²) in [5.74, 6) is 0.711. The number of H-pyrrole nitrogens is 1. The van der Waals surface area contributed by atoms with Crippen LogP contribution in [0.2, 0.25) is 0 Å². The van der Waals surface area contributed by atoms with Crippen LogP contribution >= 0.6 is 12.2 Å². The van der Waals surface area contributed by atoms with Crippen LogP contribution in [-0.4, -0.2) is 44.6 Å². The summed E-state index contributed by atoms with van der Waals surface area (Å²) in [6, 6.07) is 15.5. The molecule has 0 radical (unpaired) electrons. The molecular weight excluding hydrogens is 434 g/mol. The van der Waals surface area contributed by atoms with E-state index in [0.717, 1.165) is 48.4 Å². The molecule has 2 N–H and O–H groups in total. The van der Waals surface area contributed by atoms with Crippen LogP contribution in [0.25, 0.3) is 11.4 Å². The molecule has 1 aliphatic rings. The van der Waals surface area contributed by atoms with Gasteiger partial charge in [-0.15, -0.1) is 0 Å². The number of aryl methyl sites for hydroxylation is 1. The number of piperidine rings is 1. The number of carbonyl (C=O) groups is 2. The van der Waals surface area contributed by atoms with E-state index in [4.69, 9.17) is 12.2 Å². The van der Waals surface area contributed by atoms with E-state index in [1.54, 1.807) is 0 Å². The van der Waals surface area contributed by atoms with Crippen LogP contribution in [0.5, 0.6) is 0 Å². The molecule has 1 saturated heterocycles. The van der Waals surface area contributed by atoms with Crippen LogP contribution in [0.4, 0.5) is 0 Å². The number of nitrogens with one attached hydrogen (secondary N) is 2. The Morgan fingerprint density at radius 2 is 1.88 bits per heavy atom. The van der Waals surface area contributed by atoms with Gasteiger partial charge in [0.05, 0.1) is 0 Å². The number of carbonyl (C=O) groups excluding carboxylic acids is 2. The minimum absolute atomic E-state index is 0.0703. The molecule has 33 heavy (non-hydrogen) atoms. The fraction of sp³-hybridized carbons (Fsp3) is 0.360. The van der Waals surface area contributed by atoms with Crippen molar-refractivity contribution in [2.24, 2.45) is 0 Å². The molecule has 2 amide bonds. The van der Waals surface area contributed by atoms with Gasteiger partial charge in [-0.3, -0.25) is 19.3 Å². The number of nitrogens with zero attached hydrogens (tertiary/aromatic N) is 3. The van der Waals surface area contributed by atoms with E-state index in [1.165, 1.54) is 6.42 Å². The maximum absolute atomic E-state index is 12.7. The lowest BCUT2D eigenvalue weighted by atomic mass is 10.1. The predicted molar refractivity (Wildman–Crippen MR) is 130 cm³/mol. The third-order valence-electron chi connectivity index (χ3n) is 5.90. The van der Waals surface area contributed by atoms with E-state index < -0.39 is 0 Å². The summed E-state index contributed by atoms with van der Waals surface area (Å²) in [5.41, 5.74) is 3.67. The lowest BCUT2D eigenvalue weighted by Crippen LogP contribution is -2.35. The Kier molecular flexibility index (Phi) is 7.34. The number of hydrogen-bond acceptors (Lipinski definition) is 4. The largest absolute Gasteiger partial charge is 0.352 e. The Balaban J connectivity index is 1.34. The number of amides is 2. The maximum Gasteiger partial charge on any atom is 0.253 e. The molecule has 2 heterocycles. The molecule has 0 atom stereocenters. The van der Waals surface area contributed by atoms with Gasteiger partial charge in [-0.25, -0.2) is 0 Å². The Hall–Kier alpha value is -3.26. The average Bonchev–Trinajstić information content (AvgIpc) is 3.22. The molecule has 0 aliphatic carbocycles. The van der Waals surface area contributed by atoms with E-state index in [2.05, 4.69) is 15.5 Å². The monoisotopic (exact) mass is 463 g/mol. The molecule has 0 spiro atoms. The summed E-state index contributed by atoms with van der Waals surface area (Å²) < 4.78 is 2.34. The number of hydrogen-bond donors (Lipinski definition) is 2. The highest BCUT2D eigenvalue weighted by Crippen LogP contribution is 2.19. The highest BCUT2D eigenvalue weighted by molar-refractivity contribution is 7.71. The van der Waals surface area contributed by atoms with Crippen molar-refractivity contribution in [2.45, 2.75) is 45.7 Å². The number of aromatic amines is 1. The van der Waals surface area contributed by atoms with Crippen LogP contribution < -0.4 is 5.32 Å². The third kappa shape index (κ3) is 5.76. The second kappa shape index (κ2) is 10.6. The van der Waals surface area contributed by atoms with Gasteiger partial charge in [0.1, 0.15) is 0 Å². The van der Waals surface area contributed by atoms with Crippen LogP contribution in [0.15, 0.2) is 48.5 Å². The van der Waals surface area contributed by atoms with Crippen molar-refractivity contribution < 1.29 is 9.59 Å². The summed E-state index contributed by atoms with van der Waals surface area (Å²) in [5, 5.41) is 10.1. The first-order valence-electron chi connectivity index (χ1n) is 11.4. The van der Waals surface area contributed by atoms with E-state index >= 15 is 0 Å². The normalized spacial score (nSPS) is 13.7. The topological polar surface area (TPSA) is 83.0 Å². The van der Waals surface area contributed by atoms with Crippen molar-refractivity contribution in [2.75, 3.05) is 13.1 Å². The molecule has 1 aromatic heterocycles. The van der Waals surface area contributed by atoms with E-state index in [-0.39, 0.29) is 18.2 Å². The summed E-state index contributed by atoms with van der Waals surface area (Å²) >= 11 is 5.37. The van der Waals surface area contributed by atoms with Gasteiger partial charge in [-0.1, -0.05) is 35.9 Å². The number of rotatable bonds is 7. The first-order valence-corrected chi connectivity index (χ1v) is 11.8. The zero-order chi connectivity index (χ0) is 23.2. The molecule has 172 valence electrons. The summed E-state index contributed by atoms with van der Waals surface area (Å²) in [4.78, 5) is 27.2. The second-order valence-electron chi connectivity index (χ2n) is 8.45. The van der Waals surface area contributed by atoms with E-state index in [1.807, 2.05) is 64.9 Å². The molecule has 4 rings (SSSR count). The fourth-order valence-electron chi connectivity index (χ4n) is 4.13. The first-order chi connectivity index (χ1) is 16.0. The molecule has 1 fully saturated rings. The number of benzene rings is 2. The molecule has 7 nitrogen and oxygen atoms in total. The Morgan fingerprint density at radius 1 is 1.09 bits per heavy atom. The van der Waals surface area contributed by atoms with Crippen LogP contribution in [0, 0.1) is 11.7 Å². The van der Waals surface area contributed by atoms with Gasteiger partial charge < -0.3 is 10.2 Å². The quantitative estimate of drug-likeness (QED) is 0.513. The zero-order valence-electron chi connectivity index (χ0n) is 18.8. The lowest BCUT2D eigenvalue weighted by Gasteiger charge is -2.26. The summed E-state index contributed by atoms with van der Waals surface area (Å²) in [7, 11) is 0. The van der Waals surface area contributed by atoms with E-state index in [9.17, 15) is 9.59 Å². The van der Waals surface area contributed by atoms with Gasteiger partial charge in [-0.2, -0.15) is 5.10 Å². The number of aromatic nitrogens is 3. The van der Waals surface area contributed by atoms with E-state index in [0.29, 0.717) is 23.4 Å². The molecule has 2 aromatic carbocycles. The maximum atomic E-state index is 12.7. The van der Waals surface area contributed by atoms with Crippen molar-refractivity contribution in [3.8, 4) is 11.4 Å². The molecule has 0 saturated carbocycles. The van der Waals surface area contributed by atoms with Gasteiger partial charge in [0, 0.05) is 43.7 Å². The SMILES string of the molecule is Cc1cccc(-c2n[nH]c(=S)n2CCC(=O)NCc2cccc(C(=O)N3CCCCC3)c2)c1.